The van der Waals surface area contributed by atoms with Crippen molar-refractivity contribution < 1.29 is 13.6 Å². The van der Waals surface area contributed by atoms with Gasteiger partial charge in [-0.3, -0.25) is 4.79 Å². The molecule has 0 saturated carbocycles. The number of hydrogen-bond acceptors (Lipinski definition) is 5. The quantitative estimate of drug-likeness (QED) is 0.612. The third-order valence-electron chi connectivity index (χ3n) is 5.57. The maximum atomic E-state index is 14.8. The van der Waals surface area contributed by atoms with Crippen molar-refractivity contribution in [3.63, 3.8) is 0 Å². The molecule has 162 valence electrons. The molecule has 0 atom stereocenters. The molecule has 5 nitrogen and oxygen atoms in total. The van der Waals surface area contributed by atoms with E-state index in [-0.39, 0.29) is 5.82 Å². The molecule has 1 aliphatic heterocycles. The van der Waals surface area contributed by atoms with E-state index >= 15 is 0 Å². The van der Waals surface area contributed by atoms with E-state index in [1.54, 1.807) is 30.3 Å². The van der Waals surface area contributed by atoms with E-state index in [9.17, 15) is 13.6 Å². The predicted molar refractivity (Wildman–Crippen MR) is 121 cm³/mol. The molecule has 0 radical (unpaired) electrons. The minimum atomic E-state index is -0.404. The molecule has 1 saturated heterocycles. The van der Waals surface area contributed by atoms with E-state index in [4.69, 9.17) is 0 Å². The van der Waals surface area contributed by atoms with Crippen molar-refractivity contribution in [2.24, 2.45) is 0 Å². The zero-order chi connectivity index (χ0) is 22.0. The molecule has 0 spiro atoms. The van der Waals surface area contributed by atoms with Gasteiger partial charge in [0.1, 0.15) is 21.5 Å². The number of halogens is 2. The first-order valence-electron chi connectivity index (χ1n) is 10.2. The molecule has 1 N–H and O–H groups in total. The Morgan fingerprint density at radius 2 is 1.87 bits per heavy atom. The van der Waals surface area contributed by atoms with Gasteiger partial charge in [-0.05, 0) is 57.3 Å². The smallest absolute Gasteiger partial charge is 0.267 e. The van der Waals surface area contributed by atoms with Crippen LogP contribution in [0.4, 0.5) is 20.2 Å². The molecule has 4 rings (SSSR count). The fourth-order valence-corrected chi connectivity index (χ4v) is 4.63. The van der Waals surface area contributed by atoms with Crippen molar-refractivity contribution in [1.82, 2.24) is 9.88 Å². The minimum absolute atomic E-state index is 0.327. The van der Waals surface area contributed by atoms with Gasteiger partial charge in [0.05, 0.1) is 11.9 Å². The van der Waals surface area contributed by atoms with Gasteiger partial charge < -0.3 is 15.1 Å². The number of amides is 1. The maximum Gasteiger partial charge on any atom is 0.267 e. The first-order valence-corrected chi connectivity index (χ1v) is 11.0. The number of anilines is 2. The van der Waals surface area contributed by atoms with Gasteiger partial charge in [-0.25, -0.2) is 13.8 Å². The van der Waals surface area contributed by atoms with E-state index in [1.165, 1.54) is 18.3 Å². The lowest BCUT2D eigenvalue weighted by atomic mass is 10.0. The fraction of sp³-hybridized carbons (Fsp3) is 0.304. The van der Waals surface area contributed by atoms with Gasteiger partial charge in [0.25, 0.3) is 5.91 Å². The summed E-state index contributed by atoms with van der Waals surface area (Å²) in [4.78, 5) is 21.3. The monoisotopic (exact) mass is 442 g/mol. The van der Waals surface area contributed by atoms with Crippen molar-refractivity contribution in [2.75, 3.05) is 37.4 Å². The average Bonchev–Trinajstić information content (AvgIpc) is 3.24. The number of carbonyl (C=O) groups excluding carboxylic acids is 1. The van der Waals surface area contributed by atoms with Crippen LogP contribution in [0.1, 0.15) is 22.5 Å². The van der Waals surface area contributed by atoms with Gasteiger partial charge in [-0.2, -0.15) is 0 Å². The molecule has 2 heterocycles. The number of thiazole rings is 1. The fourth-order valence-electron chi connectivity index (χ4n) is 3.80. The Kier molecular flexibility index (Phi) is 6.29. The van der Waals surface area contributed by atoms with Gasteiger partial charge >= 0.3 is 0 Å². The number of piperidine rings is 1. The zero-order valence-corrected chi connectivity index (χ0v) is 18.3. The number of aromatic nitrogens is 1. The van der Waals surface area contributed by atoms with Crippen LogP contribution in [0.15, 0.2) is 48.7 Å². The van der Waals surface area contributed by atoms with Crippen molar-refractivity contribution in [1.29, 1.82) is 0 Å². The second kappa shape index (κ2) is 9.11. The molecule has 0 unspecified atom stereocenters. The molecular formula is C23H24F2N4OS. The van der Waals surface area contributed by atoms with E-state index in [1.807, 2.05) is 4.90 Å². The third kappa shape index (κ3) is 4.75. The Labute approximate surface area is 184 Å². The van der Waals surface area contributed by atoms with Gasteiger partial charge in [-0.15, -0.1) is 11.3 Å². The Bertz CT molecular complexity index is 1080. The van der Waals surface area contributed by atoms with Gasteiger partial charge in [0.2, 0.25) is 0 Å². The lowest BCUT2D eigenvalue weighted by Gasteiger charge is -2.36. The Morgan fingerprint density at radius 3 is 2.55 bits per heavy atom. The summed E-state index contributed by atoms with van der Waals surface area (Å²) in [5, 5.41) is 3.13. The molecule has 8 heteroatoms. The van der Waals surface area contributed by atoms with Gasteiger partial charge in [-0.1, -0.05) is 12.1 Å². The van der Waals surface area contributed by atoms with Crippen molar-refractivity contribution in [3.05, 3.63) is 65.2 Å². The Balaban J connectivity index is 1.43. The highest BCUT2D eigenvalue weighted by atomic mass is 32.1. The summed E-state index contributed by atoms with van der Waals surface area (Å²) in [6.45, 7) is 1.59. The summed E-state index contributed by atoms with van der Waals surface area (Å²) >= 11 is 1.09. The van der Waals surface area contributed by atoms with E-state index in [2.05, 4.69) is 29.3 Å². The second-order valence-corrected chi connectivity index (χ2v) is 8.84. The number of hydrogen-bond donors (Lipinski definition) is 1. The van der Waals surface area contributed by atoms with Gasteiger partial charge in [0.15, 0.2) is 0 Å². The summed E-state index contributed by atoms with van der Waals surface area (Å²) < 4.78 is 28.7. The molecule has 0 bridgehead atoms. The second-order valence-electron chi connectivity index (χ2n) is 7.81. The van der Waals surface area contributed by atoms with Gasteiger partial charge in [0, 0.05) is 30.4 Å². The normalized spacial score (nSPS) is 14.8. The first kappa shape index (κ1) is 21.4. The van der Waals surface area contributed by atoms with Crippen molar-refractivity contribution >= 4 is 28.6 Å². The average molecular weight is 443 g/mol. The van der Waals surface area contributed by atoms with Crippen LogP contribution in [0.3, 0.4) is 0 Å². The molecular weight excluding hydrogens is 418 g/mol. The standard InChI is InChI=1S/C23H24F2N4OS/c1-28(2)16-9-11-29(12-10-16)20-8-7-15(13-19(20)25)27-22(30)21-14-26-23(31-21)17-5-3-4-6-18(17)24/h3-8,13-14,16H,9-12H2,1-2H3,(H,27,30). The topological polar surface area (TPSA) is 48.5 Å². The molecule has 3 aromatic rings. The van der Waals surface area contributed by atoms with Crippen molar-refractivity contribution in [2.45, 2.75) is 18.9 Å². The molecule has 2 aromatic carbocycles. The predicted octanol–water partition coefficient (Wildman–Crippen LogP) is 4.87. The van der Waals surface area contributed by atoms with Crippen LogP contribution < -0.4 is 10.2 Å². The molecule has 0 aliphatic carbocycles. The van der Waals surface area contributed by atoms with E-state index in [0.717, 1.165) is 37.3 Å². The molecule has 1 aliphatic rings. The van der Waals surface area contributed by atoms with Crippen LogP contribution >= 0.6 is 11.3 Å². The molecule has 31 heavy (non-hydrogen) atoms. The Morgan fingerprint density at radius 1 is 1.13 bits per heavy atom. The number of benzene rings is 2. The number of nitrogens with zero attached hydrogens (tertiary/aromatic N) is 3. The largest absolute Gasteiger partial charge is 0.369 e. The number of carbonyl (C=O) groups is 1. The zero-order valence-electron chi connectivity index (χ0n) is 17.4. The summed E-state index contributed by atoms with van der Waals surface area (Å²) in [5.41, 5.74) is 1.27. The molecule has 1 fully saturated rings. The highest BCUT2D eigenvalue weighted by Gasteiger charge is 2.23. The van der Waals surface area contributed by atoms with Crippen LogP contribution in [-0.2, 0) is 0 Å². The Hall–Kier alpha value is -2.84. The number of nitrogens with one attached hydrogen (secondary N) is 1. The van der Waals surface area contributed by atoms with E-state index < -0.39 is 11.7 Å². The van der Waals surface area contributed by atoms with Crippen LogP contribution in [0.25, 0.3) is 10.6 Å². The SMILES string of the molecule is CN(C)C1CCN(c2ccc(NC(=O)c3cnc(-c4ccccc4F)s3)cc2F)CC1. The lowest BCUT2D eigenvalue weighted by molar-refractivity contribution is 0.103. The summed E-state index contributed by atoms with van der Waals surface area (Å²) in [6.07, 6.45) is 3.38. The summed E-state index contributed by atoms with van der Waals surface area (Å²) in [6, 6.07) is 11.5. The highest BCUT2D eigenvalue weighted by Crippen LogP contribution is 2.29. The van der Waals surface area contributed by atoms with Crippen LogP contribution in [-0.4, -0.2) is 49.0 Å². The molecule has 1 aromatic heterocycles. The number of rotatable bonds is 5. The first-order chi connectivity index (χ1) is 14.9. The lowest BCUT2D eigenvalue weighted by Crippen LogP contribution is -2.42. The molecule has 1 amide bonds. The highest BCUT2D eigenvalue weighted by molar-refractivity contribution is 7.17. The minimum Gasteiger partial charge on any atom is -0.369 e. The van der Waals surface area contributed by atoms with E-state index in [0.29, 0.717) is 32.9 Å². The third-order valence-corrected chi connectivity index (χ3v) is 6.60. The van der Waals surface area contributed by atoms with Crippen molar-refractivity contribution in [3.8, 4) is 10.6 Å². The van der Waals surface area contributed by atoms with Crippen LogP contribution in [0, 0.1) is 11.6 Å². The maximum absolute atomic E-state index is 14.8. The van der Waals surface area contributed by atoms with Crippen LogP contribution in [0.2, 0.25) is 0 Å². The van der Waals surface area contributed by atoms with Crippen LogP contribution in [0.5, 0.6) is 0 Å². The summed E-state index contributed by atoms with van der Waals surface area (Å²) in [7, 11) is 4.14. The summed E-state index contributed by atoms with van der Waals surface area (Å²) in [5.74, 6) is -1.16.